The van der Waals surface area contributed by atoms with E-state index in [2.05, 4.69) is 6.58 Å². The second kappa shape index (κ2) is 4.19. The van der Waals surface area contributed by atoms with Crippen molar-refractivity contribution in [3.05, 3.63) is 42.0 Å². The van der Waals surface area contributed by atoms with Crippen molar-refractivity contribution in [1.29, 1.82) is 0 Å². The van der Waals surface area contributed by atoms with Gasteiger partial charge in [0.25, 0.3) is 0 Å². The average molecular weight is 227 g/mol. The molecule has 1 nitrogen and oxygen atoms in total. The summed E-state index contributed by atoms with van der Waals surface area (Å²) in [7, 11) is -2.04. The van der Waals surface area contributed by atoms with E-state index in [1.165, 1.54) is 5.56 Å². The summed E-state index contributed by atoms with van der Waals surface area (Å²) in [6, 6.07) is 8.06. The summed E-state index contributed by atoms with van der Waals surface area (Å²) >= 11 is 6.07. The van der Waals surface area contributed by atoms with Gasteiger partial charge in [0.1, 0.15) is 5.76 Å². The van der Waals surface area contributed by atoms with Crippen LogP contribution in [0.5, 0.6) is 0 Å². The normalized spacial score (nSPS) is 11.1. The predicted octanol–water partition coefficient (Wildman–Crippen LogP) is 3.92. The fourth-order valence-electron chi connectivity index (χ4n) is 1.09. The third kappa shape index (κ3) is 3.56. The minimum absolute atomic E-state index is 0.664. The van der Waals surface area contributed by atoms with Crippen molar-refractivity contribution in [3.8, 4) is 0 Å². The highest BCUT2D eigenvalue weighted by Crippen LogP contribution is 2.21. The lowest BCUT2D eigenvalue weighted by atomic mass is 10.1. The molecule has 0 aliphatic rings. The van der Waals surface area contributed by atoms with Crippen molar-refractivity contribution in [3.63, 3.8) is 0 Å². The molecular weight excluding hydrogens is 212 g/mol. The van der Waals surface area contributed by atoms with E-state index in [1.54, 1.807) is 0 Å². The molecule has 0 aliphatic heterocycles. The van der Waals surface area contributed by atoms with Gasteiger partial charge in [-0.1, -0.05) is 36.4 Å². The van der Waals surface area contributed by atoms with Crippen LogP contribution in [-0.2, 0) is 4.43 Å². The van der Waals surface area contributed by atoms with Gasteiger partial charge in [0, 0.05) is 5.56 Å². The first-order chi connectivity index (χ1) is 6.38. The topological polar surface area (TPSA) is 9.23 Å². The summed E-state index contributed by atoms with van der Waals surface area (Å²) < 4.78 is 5.57. The first-order valence-corrected chi connectivity index (χ1v) is 8.44. The second-order valence-electron chi connectivity index (χ2n) is 3.75. The maximum absolute atomic E-state index is 6.07. The lowest BCUT2D eigenvalue weighted by molar-refractivity contribution is 0.530. The van der Waals surface area contributed by atoms with Crippen LogP contribution >= 0.6 is 11.1 Å². The number of hydrogen-bond acceptors (Lipinski definition) is 1. The molecule has 3 heteroatoms. The second-order valence-corrected chi connectivity index (χ2v) is 9.42. The first kappa shape index (κ1) is 11.3. The summed E-state index contributed by atoms with van der Waals surface area (Å²) in [6.07, 6.45) is 0. The molecule has 0 aliphatic carbocycles. The van der Waals surface area contributed by atoms with Crippen molar-refractivity contribution < 1.29 is 4.43 Å². The number of benzene rings is 1. The highest BCUT2D eigenvalue weighted by atomic mass is 35.6. The van der Waals surface area contributed by atoms with Gasteiger partial charge >= 0.3 is 7.63 Å². The molecule has 0 saturated carbocycles. The minimum Gasteiger partial charge on any atom is -0.530 e. The third-order valence-electron chi connectivity index (χ3n) is 1.74. The number of rotatable bonds is 3. The van der Waals surface area contributed by atoms with Crippen molar-refractivity contribution in [2.75, 3.05) is 0 Å². The van der Waals surface area contributed by atoms with E-state index >= 15 is 0 Å². The zero-order valence-corrected chi connectivity index (χ0v) is 10.6. The molecule has 14 heavy (non-hydrogen) atoms. The monoisotopic (exact) mass is 226 g/mol. The zero-order chi connectivity index (χ0) is 10.8. The molecular formula is C11H15ClOSi. The van der Waals surface area contributed by atoms with Gasteiger partial charge in [0.2, 0.25) is 0 Å². The van der Waals surface area contributed by atoms with Gasteiger partial charge in [-0.15, -0.1) is 11.1 Å². The quantitative estimate of drug-likeness (QED) is 0.431. The Morgan fingerprint density at radius 1 is 1.29 bits per heavy atom. The first-order valence-electron chi connectivity index (χ1n) is 4.52. The van der Waals surface area contributed by atoms with Crippen molar-refractivity contribution in [2.24, 2.45) is 0 Å². The lowest BCUT2D eigenvalue weighted by Gasteiger charge is -2.18. The summed E-state index contributed by atoms with van der Waals surface area (Å²) in [5.41, 5.74) is 2.22. The van der Waals surface area contributed by atoms with Crippen LogP contribution in [-0.4, -0.2) is 7.63 Å². The van der Waals surface area contributed by atoms with E-state index in [0.717, 1.165) is 5.56 Å². The SMILES string of the molecule is C=C(O[Si](C)(C)Cl)c1ccc(C)cc1. The van der Waals surface area contributed by atoms with Crippen LogP contribution in [0.25, 0.3) is 5.76 Å². The Balaban J connectivity index is 2.76. The molecule has 0 N–H and O–H groups in total. The van der Waals surface area contributed by atoms with Gasteiger partial charge in [0.05, 0.1) is 0 Å². The molecule has 1 aromatic rings. The molecule has 1 aromatic carbocycles. The summed E-state index contributed by atoms with van der Waals surface area (Å²) in [5, 5.41) is 0. The zero-order valence-electron chi connectivity index (χ0n) is 8.80. The highest BCUT2D eigenvalue weighted by Gasteiger charge is 2.21. The van der Waals surface area contributed by atoms with Gasteiger partial charge in [-0.05, 0) is 20.0 Å². The molecule has 0 amide bonds. The maximum atomic E-state index is 6.07. The van der Waals surface area contributed by atoms with Gasteiger partial charge in [0.15, 0.2) is 0 Å². The average Bonchev–Trinajstić information content (AvgIpc) is 2.02. The number of hydrogen-bond donors (Lipinski definition) is 0. The van der Waals surface area contributed by atoms with Crippen molar-refractivity contribution >= 4 is 24.5 Å². The van der Waals surface area contributed by atoms with Crippen LogP contribution in [0, 0.1) is 6.92 Å². The molecule has 0 spiro atoms. The largest absolute Gasteiger partial charge is 0.530 e. The summed E-state index contributed by atoms with van der Waals surface area (Å²) in [5.74, 6) is 0.664. The van der Waals surface area contributed by atoms with Gasteiger partial charge < -0.3 is 4.43 Å². The standard InChI is InChI=1S/C11H15ClOSi/c1-9-5-7-11(8-6-9)10(2)13-14(3,4)12/h5-8H,2H2,1,3-4H3. The maximum Gasteiger partial charge on any atom is 0.341 e. The van der Waals surface area contributed by atoms with Crippen LogP contribution in [0.3, 0.4) is 0 Å². The Morgan fingerprint density at radius 2 is 1.79 bits per heavy atom. The van der Waals surface area contributed by atoms with Gasteiger partial charge in [-0.3, -0.25) is 0 Å². The van der Waals surface area contributed by atoms with E-state index in [9.17, 15) is 0 Å². The fourth-order valence-corrected chi connectivity index (χ4v) is 2.07. The minimum atomic E-state index is -2.04. The van der Waals surface area contributed by atoms with Crippen LogP contribution in [0.15, 0.2) is 30.8 Å². The van der Waals surface area contributed by atoms with E-state index in [4.69, 9.17) is 15.5 Å². The third-order valence-corrected chi connectivity index (χ3v) is 2.70. The molecule has 0 fully saturated rings. The molecule has 0 bridgehead atoms. The Labute approximate surface area is 91.2 Å². The number of halogens is 1. The van der Waals surface area contributed by atoms with Gasteiger partial charge in [-0.2, -0.15) is 0 Å². The van der Waals surface area contributed by atoms with Crippen LogP contribution in [0.1, 0.15) is 11.1 Å². The lowest BCUT2D eigenvalue weighted by Crippen LogP contribution is -2.20. The molecule has 0 unspecified atom stereocenters. The van der Waals surface area contributed by atoms with E-state index in [0.29, 0.717) is 5.76 Å². The molecule has 0 atom stereocenters. The molecule has 1 rings (SSSR count). The van der Waals surface area contributed by atoms with Crippen LogP contribution in [0.4, 0.5) is 0 Å². The van der Waals surface area contributed by atoms with E-state index < -0.39 is 7.63 Å². The summed E-state index contributed by atoms with van der Waals surface area (Å²) in [4.78, 5) is 0. The molecule has 76 valence electrons. The summed E-state index contributed by atoms with van der Waals surface area (Å²) in [6.45, 7) is 9.77. The van der Waals surface area contributed by atoms with Crippen LogP contribution < -0.4 is 0 Å². The Hall–Kier alpha value is -0.733. The van der Waals surface area contributed by atoms with E-state index in [-0.39, 0.29) is 0 Å². The Morgan fingerprint density at radius 3 is 2.21 bits per heavy atom. The van der Waals surface area contributed by atoms with Crippen molar-refractivity contribution in [2.45, 2.75) is 20.0 Å². The predicted molar refractivity (Wildman–Crippen MR) is 64.6 cm³/mol. The molecule has 0 aromatic heterocycles. The Kier molecular flexibility index (Phi) is 3.40. The smallest absolute Gasteiger partial charge is 0.341 e. The molecule has 0 heterocycles. The fraction of sp³-hybridized carbons (Fsp3) is 0.273. The van der Waals surface area contributed by atoms with E-state index in [1.807, 2.05) is 44.3 Å². The van der Waals surface area contributed by atoms with Crippen LogP contribution in [0.2, 0.25) is 13.1 Å². The highest BCUT2D eigenvalue weighted by molar-refractivity contribution is 7.15. The Bertz CT molecular complexity index is 324. The molecule has 0 saturated heterocycles. The van der Waals surface area contributed by atoms with Crippen molar-refractivity contribution in [1.82, 2.24) is 0 Å². The molecule has 0 radical (unpaired) electrons. The van der Waals surface area contributed by atoms with Gasteiger partial charge in [-0.25, -0.2) is 0 Å². The number of aryl methyl sites for hydroxylation is 1.